The maximum atomic E-state index is 11.9. The number of benzene rings is 2. The second-order valence-corrected chi connectivity index (χ2v) is 7.08. The molecule has 122 valence electrons. The maximum Gasteiger partial charge on any atom is 0.251 e. The summed E-state index contributed by atoms with van der Waals surface area (Å²) < 4.78 is 28.2. The quantitative estimate of drug-likeness (QED) is 0.789. The standard InChI is InChI=1S/C17H19NO4S/c1-23(20,21)16-10-8-14(9-11-16)17(19)18-12-5-13-22-15-6-3-2-4-7-15/h2-4,6-11H,5,12-13H2,1H3,(H,18,19). The number of hydrogen-bond donors (Lipinski definition) is 1. The lowest BCUT2D eigenvalue weighted by molar-refractivity contribution is 0.0951. The Balaban J connectivity index is 1.74. The van der Waals surface area contributed by atoms with Crippen molar-refractivity contribution in [2.45, 2.75) is 11.3 Å². The van der Waals surface area contributed by atoms with E-state index in [0.717, 1.165) is 12.0 Å². The molecule has 0 unspecified atom stereocenters. The lowest BCUT2D eigenvalue weighted by Gasteiger charge is -2.07. The van der Waals surface area contributed by atoms with Crippen LogP contribution in [0.1, 0.15) is 16.8 Å². The average molecular weight is 333 g/mol. The van der Waals surface area contributed by atoms with Gasteiger partial charge in [-0.25, -0.2) is 8.42 Å². The molecule has 0 atom stereocenters. The summed E-state index contributed by atoms with van der Waals surface area (Å²) >= 11 is 0. The van der Waals surface area contributed by atoms with Gasteiger partial charge in [0.25, 0.3) is 5.91 Å². The highest BCUT2D eigenvalue weighted by atomic mass is 32.2. The van der Waals surface area contributed by atoms with Gasteiger partial charge in [0, 0.05) is 18.4 Å². The second kappa shape index (κ2) is 7.78. The highest BCUT2D eigenvalue weighted by Gasteiger charge is 2.09. The predicted octanol–water partition coefficient (Wildman–Crippen LogP) is 2.29. The fraction of sp³-hybridized carbons (Fsp3) is 0.235. The first-order chi connectivity index (χ1) is 11.0. The van der Waals surface area contributed by atoms with Crippen molar-refractivity contribution < 1.29 is 17.9 Å². The molecule has 0 fully saturated rings. The van der Waals surface area contributed by atoms with Crippen molar-refractivity contribution in [3.8, 4) is 5.75 Å². The van der Waals surface area contributed by atoms with Crippen molar-refractivity contribution >= 4 is 15.7 Å². The van der Waals surface area contributed by atoms with E-state index in [0.29, 0.717) is 25.1 Å². The molecular formula is C17H19NO4S. The van der Waals surface area contributed by atoms with E-state index >= 15 is 0 Å². The minimum Gasteiger partial charge on any atom is -0.494 e. The Hall–Kier alpha value is -2.34. The fourth-order valence-electron chi connectivity index (χ4n) is 1.94. The lowest BCUT2D eigenvalue weighted by Crippen LogP contribution is -2.25. The summed E-state index contributed by atoms with van der Waals surface area (Å²) in [5.74, 6) is 0.569. The molecule has 0 heterocycles. The van der Waals surface area contributed by atoms with Gasteiger partial charge in [-0.2, -0.15) is 0 Å². The Kier molecular flexibility index (Phi) is 5.76. The molecule has 5 nitrogen and oxygen atoms in total. The zero-order valence-electron chi connectivity index (χ0n) is 12.9. The van der Waals surface area contributed by atoms with Crippen molar-refractivity contribution in [1.82, 2.24) is 5.32 Å². The molecule has 2 rings (SSSR count). The molecule has 0 saturated heterocycles. The molecule has 0 bridgehead atoms. The minimum absolute atomic E-state index is 0.199. The van der Waals surface area contributed by atoms with Gasteiger partial charge in [-0.1, -0.05) is 18.2 Å². The van der Waals surface area contributed by atoms with Crippen LogP contribution in [0.15, 0.2) is 59.5 Å². The molecule has 0 saturated carbocycles. The van der Waals surface area contributed by atoms with Gasteiger partial charge in [0.15, 0.2) is 9.84 Å². The van der Waals surface area contributed by atoms with Gasteiger partial charge in [0.2, 0.25) is 0 Å². The van der Waals surface area contributed by atoms with Gasteiger partial charge >= 0.3 is 0 Å². The number of sulfone groups is 1. The number of para-hydroxylation sites is 1. The topological polar surface area (TPSA) is 72.5 Å². The van der Waals surface area contributed by atoms with E-state index in [1.54, 1.807) is 0 Å². The summed E-state index contributed by atoms with van der Waals surface area (Å²) in [4.78, 5) is 12.1. The summed E-state index contributed by atoms with van der Waals surface area (Å²) in [7, 11) is -3.24. The van der Waals surface area contributed by atoms with Gasteiger partial charge in [-0.05, 0) is 42.8 Å². The van der Waals surface area contributed by atoms with Gasteiger partial charge in [0.1, 0.15) is 5.75 Å². The minimum atomic E-state index is -3.24. The maximum absolute atomic E-state index is 11.9. The third kappa shape index (κ3) is 5.41. The molecule has 0 aliphatic carbocycles. The van der Waals surface area contributed by atoms with Crippen LogP contribution in [0.3, 0.4) is 0 Å². The van der Waals surface area contributed by atoms with E-state index in [4.69, 9.17) is 4.74 Å². The van der Waals surface area contributed by atoms with E-state index in [1.807, 2.05) is 30.3 Å². The van der Waals surface area contributed by atoms with Crippen LogP contribution in [0.4, 0.5) is 0 Å². The number of rotatable bonds is 7. The molecule has 2 aromatic carbocycles. The van der Waals surface area contributed by atoms with Crippen LogP contribution in [0.2, 0.25) is 0 Å². The smallest absolute Gasteiger partial charge is 0.251 e. The fourth-order valence-corrected chi connectivity index (χ4v) is 2.57. The molecule has 1 N–H and O–H groups in total. The summed E-state index contributed by atoms with van der Waals surface area (Å²) in [5.41, 5.74) is 0.432. The Bertz CT molecular complexity index is 740. The summed E-state index contributed by atoms with van der Waals surface area (Å²) in [6, 6.07) is 15.4. The normalized spacial score (nSPS) is 11.0. The number of ether oxygens (including phenoxy) is 1. The van der Waals surface area contributed by atoms with Crippen molar-refractivity contribution in [2.75, 3.05) is 19.4 Å². The molecule has 23 heavy (non-hydrogen) atoms. The van der Waals surface area contributed by atoms with Crippen molar-refractivity contribution in [3.63, 3.8) is 0 Å². The highest BCUT2D eigenvalue weighted by Crippen LogP contribution is 2.10. The van der Waals surface area contributed by atoms with Crippen LogP contribution < -0.4 is 10.1 Å². The van der Waals surface area contributed by atoms with E-state index in [1.165, 1.54) is 24.3 Å². The van der Waals surface area contributed by atoms with Crippen LogP contribution in [-0.2, 0) is 9.84 Å². The molecule has 0 spiro atoms. The van der Waals surface area contributed by atoms with E-state index in [2.05, 4.69) is 5.32 Å². The Labute approximate surface area is 136 Å². The van der Waals surface area contributed by atoms with Gasteiger partial charge in [0.05, 0.1) is 11.5 Å². The molecule has 2 aromatic rings. The number of amides is 1. The first-order valence-electron chi connectivity index (χ1n) is 7.23. The van der Waals surface area contributed by atoms with Crippen LogP contribution >= 0.6 is 0 Å². The lowest BCUT2D eigenvalue weighted by atomic mass is 10.2. The molecule has 0 aromatic heterocycles. The largest absolute Gasteiger partial charge is 0.494 e. The highest BCUT2D eigenvalue weighted by molar-refractivity contribution is 7.90. The van der Waals surface area contributed by atoms with Crippen LogP contribution in [0.25, 0.3) is 0 Å². The van der Waals surface area contributed by atoms with Crippen molar-refractivity contribution in [2.24, 2.45) is 0 Å². The van der Waals surface area contributed by atoms with Gasteiger partial charge in [-0.15, -0.1) is 0 Å². The van der Waals surface area contributed by atoms with E-state index in [9.17, 15) is 13.2 Å². The van der Waals surface area contributed by atoms with Crippen molar-refractivity contribution in [1.29, 1.82) is 0 Å². The van der Waals surface area contributed by atoms with Crippen LogP contribution in [0, 0.1) is 0 Å². The molecule has 6 heteroatoms. The van der Waals surface area contributed by atoms with Gasteiger partial charge < -0.3 is 10.1 Å². The number of hydrogen-bond acceptors (Lipinski definition) is 4. The summed E-state index contributed by atoms with van der Waals surface area (Å²) in [6.45, 7) is 0.997. The van der Waals surface area contributed by atoms with E-state index < -0.39 is 9.84 Å². The first kappa shape index (κ1) is 17.0. The Morgan fingerprint density at radius 3 is 2.30 bits per heavy atom. The molecule has 0 aliphatic rings. The number of carbonyl (C=O) groups excluding carboxylic acids is 1. The average Bonchev–Trinajstić information content (AvgIpc) is 2.54. The van der Waals surface area contributed by atoms with Crippen LogP contribution in [-0.4, -0.2) is 33.7 Å². The molecule has 0 aliphatic heterocycles. The predicted molar refractivity (Wildman–Crippen MR) is 88.4 cm³/mol. The third-order valence-electron chi connectivity index (χ3n) is 3.16. The van der Waals surface area contributed by atoms with Gasteiger partial charge in [-0.3, -0.25) is 4.79 Å². The monoisotopic (exact) mass is 333 g/mol. The Morgan fingerprint density at radius 2 is 1.70 bits per heavy atom. The molecule has 1 amide bonds. The second-order valence-electron chi connectivity index (χ2n) is 5.07. The van der Waals surface area contributed by atoms with E-state index in [-0.39, 0.29) is 10.8 Å². The summed E-state index contributed by atoms with van der Waals surface area (Å²) in [6.07, 6.45) is 1.82. The Morgan fingerprint density at radius 1 is 1.04 bits per heavy atom. The van der Waals surface area contributed by atoms with Crippen molar-refractivity contribution in [3.05, 3.63) is 60.2 Å². The zero-order chi connectivity index (χ0) is 16.7. The molecule has 0 radical (unpaired) electrons. The first-order valence-corrected chi connectivity index (χ1v) is 9.12. The SMILES string of the molecule is CS(=O)(=O)c1ccc(C(=O)NCCCOc2ccccc2)cc1. The number of carbonyl (C=O) groups is 1. The number of nitrogens with one attached hydrogen (secondary N) is 1. The summed E-state index contributed by atoms with van der Waals surface area (Å²) in [5, 5.41) is 2.78. The molecular weight excluding hydrogens is 314 g/mol. The zero-order valence-corrected chi connectivity index (χ0v) is 13.7. The third-order valence-corrected chi connectivity index (χ3v) is 4.29. The van der Waals surface area contributed by atoms with Crippen LogP contribution in [0.5, 0.6) is 5.75 Å².